The number of hydrogen-bond donors (Lipinski definition) is 2. The van der Waals surface area contributed by atoms with Crippen LogP contribution in [0.15, 0.2) is 36.7 Å². The summed E-state index contributed by atoms with van der Waals surface area (Å²) >= 11 is 0. The van der Waals surface area contributed by atoms with Crippen molar-refractivity contribution in [1.82, 2.24) is 45.6 Å². The predicted molar refractivity (Wildman–Crippen MR) is 114 cm³/mol. The van der Waals surface area contributed by atoms with Crippen LogP contribution in [-0.4, -0.2) is 46.6 Å². The Hall–Kier alpha value is -4.15. The van der Waals surface area contributed by atoms with E-state index in [1.807, 2.05) is 6.92 Å². The highest BCUT2D eigenvalue weighted by Crippen LogP contribution is 2.24. The van der Waals surface area contributed by atoms with E-state index in [1.165, 1.54) is 11.0 Å². The quantitative estimate of drug-likeness (QED) is 0.470. The number of carbonyl (C=O) groups is 2. The van der Waals surface area contributed by atoms with Crippen LogP contribution in [0, 0.1) is 6.92 Å². The second kappa shape index (κ2) is 8.17. The number of pyridine rings is 1. The van der Waals surface area contributed by atoms with Crippen LogP contribution in [-0.2, 0) is 13.0 Å². The molecule has 0 unspecified atom stereocenters. The van der Waals surface area contributed by atoms with Crippen LogP contribution in [0.2, 0.25) is 0 Å². The number of nitrogens with one attached hydrogen (secondary N) is 2. The lowest BCUT2D eigenvalue weighted by molar-refractivity contribution is 0.0847. The lowest BCUT2D eigenvalue weighted by atomic mass is 10.2. The number of tetrazole rings is 1. The van der Waals surface area contributed by atoms with Gasteiger partial charge in [-0.2, -0.15) is 0 Å². The van der Waals surface area contributed by atoms with Crippen molar-refractivity contribution in [3.05, 3.63) is 59.3 Å². The number of carbonyl (C=O) groups excluding carboxylic acids is 2. The van der Waals surface area contributed by atoms with Crippen molar-refractivity contribution >= 4 is 23.0 Å². The zero-order chi connectivity index (χ0) is 22.1. The van der Waals surface area contributed by atoms with E-state index in [2.05, 4.69) is 35.9 Å². The molecule has 11 nitrogen and oxygen atoms in total. The van der Waals surface area contributed by atoms with Crippen LogP contribution >= 0.6 is 0 Å². The maximum absolute atomic E-state index is 12.9. The third kappa shape index (κ3) is 3.68. The minimum Gasteiger partial charge on any atom is -0.313 e. The summed E-state index contributed by atoms with van der Waals surface area (Å²) in [5.41, 5.74) is 8.45. The number of aryl methyl sites for hydroxylation is 3. The van der Waals surface area contributed by atoms with Gasteiger partial charge in [0.1, 0.15) is 17.7 Å². The van der Waals surface area contributed by atoms with Crippen LogP contribution in [0.5, 0.6) is 0 Å². The number of benzene rings is 1. The number of amides is 2. The Bertz CT molecular complexity index is 1290. The molecule has 0 aliphatic carbocycles. The molecule has 2 N–H and O–H groups in total. The second-order valence-corrected chi connectivity index (χ2v) is 7.68. The van der Waals surface area contributed by atoms with Gasteiger partial charge in [0, 0.05) is 24.2 Å². The predicted octanol–water partition coefficient (Wildman–Crippen LogP) is 1.52. The van der Waals surface area contributed by atoms with E-state index in [4.69, 9.17) is 4.98 Å². The molecule has 0 spiro atoms. The van der Waals surface area contributed by atoms with Crippen LogP contribution in [0.3, 0.4) is 0 Å². The highest BCUT2D eigenvalue weighted by Gasteiger charge is 2.21. The van der Waals surface area contributed by atoms with Crippen molar-refractivity contribution in [1.29, 1.82) is 0 Å². The average Bonchev–Trinajstić information content (AvgIpc) is 3.39. The lowest BCUT2D eigenvalue weighted by Crippen LogP contribution is -2.41. The summed E-state index contributed by atoms with van der Waals surface area (Å²) in [5, 5.41) is 11.0. The third-order valence-corrected chi connectivity index (χ3v) is 5.47. The fraction of sp³-hybridized carbons (Fsp3) is 0.286. The first kappa shape index (κ1) is 19.8. The molecule has 3 aromatic heterocycles. The van der Waals surface area contributed by atoms with Gasteiger partial charge >= 0.3 is 0 Å². The maximum Gasteiger partial charge on any atom is 0.272 e. The Morgan fingerprint density at radius 2 is 1.81 bits per heavy atom. The van der Waals surface area contributed by atoms with Gasteiger partial charge in [-0.3, -0.25) is 20.4 Å². The first-order valence-corrected chi connectivity index (χ1v) is 10.4. The number of nitrogens with zero attached hydrogens (tertiary/aromatic N) is 7. The first-order valence-electron chi connectivity index (χ1n) is 10.4. The molecule has 4 heterocycles. The number of hydrazine groups is 1. The minimum atomic E-state index is -0.441. The fourth-order valence-electron chi connectivity index (χ4n) is 3.89. The Morgan fingerprint density at radius 1 is 1.00 bits per heavy atom. The van der Waals surface area contributed by atoms with Gasteiger partial charge in [-0.25, -0.2) is 14.6 Å². The Kier molecular flexibility index (Phi) is 5.06. The molecule has 0 atom stereocenters. The van der Waals surface area contributed by atoms with Crippen molar-refractivity contribution in [3.63, 3.8) is 0 Å². The number of aromatic nitrogens is 7. The molecule has 162 valence electrons. The van der Waals surface area contributed by atoms with E-state index < -0.39 is 11.8 Å². The monoisotopic (exact) mass is 431 g/mol. The summed E-state index contributed by atoms with van der Waals surface area (Å²) in [4.78, 5) is 34.7. The first-order chi connectivity index (χ1) is 15.6. The van der Waals surface area contributed by atoms with Crippen LogP contribution in [0.1, 0.15) is 51.5 Å². The van der Waals surface area contributed by atoms with Gasteiger partial charge in [-0.05, 0) is 60.5 Å². The van der Waals surface area contributed by atoms with E-state index in [0.29, 0.717) is 22.3 Å². The highest BCUT2D eigenvalue weighted by molar-refractivity contribution is 6.05. The lowest BCUT2D eigenvalue weighted by Gasteiger charge is -2.09. The van der Waals surface area contributed by atoms with Crippen LogP contribution in [0.25, 0.3) is 16.9 Å². The van der Waals surface area contributed by atoms with Crippen molar-refractivity contribution < 1.29 is 9.59 Å². The number of hydrogen-bond acceptors (Lipinski definition) is 7. The molecule has 0 radical (unpaired) electrons. The Balaban J connectivity index is 1.33. The van der Waals surface area contributed by atoms with Crippen molar-refractivity contribution in [3.8, 4) is 5.69 Å². The molecular formula is C21H21N9O2. The minimum absolute atomic E-state index is 0.381. The summed E-state index contributed by atoms with van der Waals surface area (Å²) in [7, 11) is 0. The molecule has 4 aromatic rings. The summed E-state index contributed by atoms with van der Waals surface area (Å²) in [5.74, 6) is 0.0769. The van der Waals surface area contributed by atoms with E-state index in [-0.39, 0.29) is 0 Å². The molecule has 0 saturated carbocycles. The van der Waals surface area contributed by atoms with E-state index in [0.717, 1.165) is 49.4 Å². The molecular weight excluding hydrogens is 410 g/mol. The van der Waals surface area contributed by atoms with Crippen molar-refractivity contribution in [2.45, 2.75) is 39.2 Å². The van der Waals surface area contributed by atoms with Gasteiger partial charge in [-0.1, -0.05) is 6.42 Å². The summed E-state index contributed by atoms with van der Waals surface area (Å²) in [6.45, 7) is 2.69. The van der Waals surface area contributed by atoms with Gasteiger partial charge in [-0.15, -0.1) is 5.10 Å². The average molecular weight is 431 g/mol. The Morgan fingerprint density at radius 3 is 2.59 bits per heavy atom. The van der Waals surface area contributed by atoms with Gasteiger partial charge in [0.05, 0.1) is 11.3 Å². The molecule has 1 aliphatic rings. The molecule has 32 heavy (non-hydrogen) atoms. The molecule has 1 aromatic carbocycles. The third-order valence-electron chi connectivity index (χ3n) is 5.47. The Labute approximate surface area is 182 Å². The summed E-state index contributed by atoms with van der Waals surface area (Å²) in [6.07, 6.45) is 5.63. The topological polar surface area (TPSA) is 133 Å². The van der Waals surface area contributed by atoms with Crippen molar-refractivity contribution in [2.75, 3.05) is 0 Å². The standard InChI is InChI=1S/C21H21N9O2/c1-13-11-16(18-19(23-13)29-10-4-2-3-5-17(29)24-18)21(32)26-25-20(31)14-6-8-15(9-7-14)30-12-22-27-28-30/h6-9,11-12H,2-5,10H2,1H3,(H,25,31)(H,26,32). The molecule has 5 rings (SSSR count). The van der Waals surface area contributed by atoms with Crippen molar-refractivity contribution in [2.24, 2.45) is 0 Å². The molecule has 2 amide bonds. The second-order valence-electron chi connectivity index (χ2n) is 7.68. The zero-order valence-electron chi connectivity index (χ0n) is 17.4. The fourth-order valence-corrected chi connectivity index (χ4v) is 3.89. The smallest absolute Gasteiger partial charge is 0.272 e. The van der Waals surface area contributed by atoms with Crippen LogP contribution < -0.4 is 10.9 Å². The van der Waals surface area contributed by atoms with Gasteiger partial charge in [0.2, 0.25) is 0 Å². The normalized spacial score (nSPS) is 13.4. The molecule has 0 bridgehead atoms. The number of rotatable bonds is 3. The molecule has 1 aliphatic heterocycles. The zero-order valence-corrected chi connectivity index (χ0v) is 17.4. The SMILES string of the molecule is Cc1cc(C(=O)NNC(=O)c2ccc(-n3cnnn3)cc2)c2nc3n(c2n1)CCCCC3. The van der Waals surface area contributed by atoms with Crippen LogP contribution in [0.4, 0.5) is 0 Å². The van der Waals surface area contributed by atoms with Gasteiger partial charge in [0.15, 0.2) is 5.65 Å². The van der Waals surface area contributed by atoms with E-state index >= 15 is 0 Å². The van der Waals surface area contributed by atoms with E-state index in [9.17, 15) is 9.59 Å². The molecule has 11 heteroatoms. The largest absolute Gasteiger partial charge is 0.313 e. The highest BCUT2D eigenvalue weighted by atomic mass is 16.2. The number of fused-ring (bicyclic) bond motifs is 3. The molecule has 0 fully saturated rings. The van der Waals surface area contributed by atoms with Gasteiger partial charge in [0.25, 0.3) is 11.8 Å². The van der Waals surface area contributed by atoms with Gasteiger partial charge < -0.3 is 4.57 Å². The number of imidazole rings is 1. The summed E-state index contributed by atoms with van der Waals surface area (Å²) in [6, 6.07) is 8.36. The van der Waals surface area contributed by atoms with E-state index in [1.54, 1.807) is 30.3 Å². The summed E-state index contributed by atoms with van der Waals surface area (Å²) < 4.78 is 3.59. The molecule has 0 saturated heterocycles. The maximum atomic E-state index is 12.9.